The average Bonchev–Trinajstić information content (AvgIpc) is 3.43. The highest BCUT2D eigenvalue weighted by Crippen LogP contribution is 2.22. The number of hydrogen-bond donors (Lipinski definition) is 2. The lowest BCUT2D eigenvalue weighted by atomic mass is 10.1. The van der Waals surface area contributed by atoms with E-state index in [9.17, 15) is 4.79 Å². The van der Waals surface area contributed by atoms with Crippen LogP contribution in [-0.4, -0.2) is 26.0 Å². The van der Waals surface area contributed by atoms with Crippen LogP contribution >= 0.6 is 0 Å². The van der Waals surface area contributed by atoms with E-state index in [0.717, 1.165) is 33.3 Å². The number of nitrogens with zero attached hydrogens (tertiary/aromatic N) is 3. The third-order valence-corrected chi connectivity index (χ3v) is 5.07. The number of nitrogens with one attached hydrogen (secondary N) is 2. The summed E-state index contributed by atoms with van der Waals surface area (Å²) in [5, 5.41) is 8.12. The number of carbonyl (C=O) groups excluding carboxylic acids is 1. The second kappa shape index (κ2) is 8.23. The summed E-state index contributed by atoms with van der Waals surface area (Å²) in [5.41, 5.74) is 4.46. The van der Waals surface area contributed by atoms with Crippen LogP contribution in [0.15, 0.2) is 83.8 Å². The summed E-state index contributed by atoms with van der Waals surface area (Å²) in [5.74, 6) is 0.906. The van der Waals surface area contributed by atoms with Crippen LogP contribution in [-0.2, 0) is 17.6 Å². The molecule has 152 valence electrons. The minimum atomic E-state index is -0.0831. The summed E-state index contributed by atoms with van der Waals surface area (Å²) >= 11 is 0. The summed E-state index contributed by atoms with van der Waals surface area (Å²) in [7, 11) is 0. The molecule has 7 nitrogen and oxygen atoms in total. The molecule has 31 heavy (non-hydrogen) atoms. The van der Waals surface area contributed by atoms with Gasteiger partial charge in [0, 0.05) is 40.7 Å². The van der Waals surface area contributed by atoms with Crippen molar-refractivity contribution in [2.75, 3.05) is 5.32 Å². The zero-order valence-corrected chi connectivity index (χ0v) is 16.6. The molecule has 2 N–H and O–H groups in total. The molecule has 0 fully saturated rings. The molecular formula is C24H19N5O2. The lowest BCUT2D eigenvalue weighted by Crippen LogP contribution is -2.15. The lowest BCUT2D eigenvalue weighted by Gasteiger charge is -2.09. The van der Waals surface area contributed by atoms with E-state index in [-0.39, 0.29) is 12.3 Å². The second-order valence-electron chi connectivity index (χ2n) is 7.17. The maximum Gasteiger partial charge on any atom is 0.231 e. The predicted octanol–water partition coefficient (Wildman–Crippen LogP) is 4.38. The molecule has 3 heterocycles. The monoisotopic (exact) mass is 409 g/mol. The summed E-state index contributed by atoms with van der Waals surface area (Å²) in [4.78, 5) is 24.4. The molecule has 0 aliphatic heterocycles. The van der Waals surface area contributed by atoms with Crippen molar-refractivity contribution in [3.63, 3.8) is 0 Å². The number of H-pyrrole nitrogens is 1. The van der Waals surface area contributed by atoms with Crippen molar-refractivity contribution in [2.24, 2.45) is 0 Å². The van der Waals surface area contributed by atoms with Crippen LogP contribution in [0.1, 0.15) is 17.0 Å². The Balaban J connectivity index is 1.31. The van der Waals surface area contributed by atoms with Crippen LogP contribution in [0, 0.1) is 0 Å². The molecule has 0 saturated heterocycles. The van der Waals surface area contributed by atoms with Gasteiger partial charge in [-0.1, -0.05) is 41.6 Å². The first kappa shape index (κ1) is 18.7. The molecule has 1 amide bonds. The first-order chi connectivity index (χ1) is 15.3. The first-order valence-corrected chi connectivity index (χ1v) is 9.92. The molecule has 3 aromatic heterocycles. The number of carbonyl (C=O) groups is 1. The predicted molar refractivity (Wildman–Crippen MR) is 117 cm³/mol. The van der Waals surface area contributed by atoms with Crippen LogP contribution in [0.25, 0.3) is 22.3 Å². The quantitative estimate of drug-likeness (QED) is 0.434. The summed E-state index contributed by atoms with van der Waals surface area (Å²) in [6.07, 6.45) is 5.95. The van der Waals surface area contributed by atoms with E-state index in [1.54, 1.807) is 12.4 Å². The Hall–Kier alpha value is -4.26. The summed E-state index contributed by atoms with van der Waals surface area (Å²) < 4.78 is 5.42. The largest absolute Gasteiger partial charge is 0.361 e. The van der Waals surface area contributed by atoms with Crippen molar-refractivity contribution < 1.29 is 9.32 Å². The van der Waals surface area contributed by atoms with Gasteiger partial charge < -0.3 is 14.8 Å². The van der Waals surface area contributed by atoms with Crippen molar-refractivity contribution in [3.05, 3.63) is 96.3 Å². The summed E-state index contributed by atoms with van der Waals surface area (Å²) in [6.45, 7) is 0. The Bertz CT molecular complexity index is 1340. The number of fused-ring (bicyclic) bond motifs is 1. The molecule has 0 aliphatic rings. The first-order valence-electron chi connectivity index (χ1n) is 9.92. The van der Waals surface area contributed by atoms with Gasteiger partial charge in [-0.05, 0) is 35.4 Å². The fraction of sp³-hybridized carbons (Fsp3) is 0.0833. The zero-order chi connectivity index (χ0) is 21.0. The van der Waals surface area contributed by atoms with Crippen LogP contribution in [0.5, 0.6) is 0 Å². The highest BCUT2D eigenvalue weighted by atomic mass is 16.5. The topological polar surface area (TPSA) is 96.7 Å². The van der Waals surface area contributed by atoms with E-state index in [2.05, 4.69) is 25.4 Å². The minimum Gasteiger partial charge on any atom is -0.361 e. The number of aromatic amines is 1. The molecule has 0 spiro atoms. The van der Waals surface area contributed by atoms with Gasteiger partial charge in [0.05, 0.1) is 12.8 Å². The molecular weight excluding hydrogens is 390 g/mol. The fourth-order valence-electron chi connectivity index (χ4n) is 3.55. The van der Waals surface area contributed by atoms with Gasteiger partial charge in [0.2, 0.25) is 17.6 Å². The number of anilines is 1. The summed E-state index contributed by atoms with van der Waals surface area (Å²) in [6, 6.07) is 19.2. The second-order valence-corrected chi connectivity index (χ2v) is 7.17. The van der Waals surface area contributed by atoms with E-state index < -0.39 is 0 Å². The Morgan fingerprint density at radius 3 is 2.68 bits per heavy atom. The molecule has 0 aliphatic carbocycles. The number of amides is 1. The maximum absolute atomic E-state index is 12.7. The number of benzene rings is 2. The number of rotatable bonds is 6. The van der Waals surface area contributed by atoms with Crippen molar-refractivity contribution >= 4 is 22.5 Å². The van der Waals surface area contributed by atoms with Gasteiger partial charge in [0.15, 0.2) is 0 Å². The third-order valence-electron chi connectivity index (χ3n) is 5.07. The number of pyridine rings is 1. The van der Waals surface area contributed by atoms with E-state index in [4.69, 9.17) is 4.52 Å². The molecule has 5 aromatic rings. The van der Waals surface area contributed by atoms with Gasteiger partial charge in [-0.25, -0.2) is 0 Å². The molecule has 0 radical (unpaired) electrons. The Labute approximate surface area is 178 Å². The highest BCUT2D eigenvalue weighted by molar-refractivity contribution is 5.96. The zero-order valence-electron chi connectivity index (χ0n) is 16.6. The Kier molecular flexibility index (Phi) is 4.98. The van der Waals surface area contributed by atoms with Crippen LogP contribution in [0.2, 0.25) is 0 Å². The van der Waals surface area contributed by atoms with Crippen molar-refractivity contribution in [3.8, 4) is 11.4 Å². The van der Waals surface area contributed by atoms with Gasteiger partial charge in [0.1, 0.15) is 0 Å². The smallest absolute Gasteiger partial charge is 0.231 e. The third kappa shape index (κ3) is 4.06. The van der Waals surface area contributed by atoms with E-state index in [1.165, 1.54) is 0 Å². The van der Waals surface area contributed by atoms with Gasteiger partial charge in [-0.15, -0.1) is 0 Å². The van der Waals surface area contributed by atoms with E-state index in [0.29, 0.717) is 18.1 Å². The van der Waals surface area contributed by atoms with E-state index in [1.807, 2.05) is 66.9 Å². The van der Waals surface area contributed by atoms with Crippen LogP contribution in [0.4, 0.5) is 5.69 Å². The minimum absolute atomic E-state index is 0.0831. The number of para-hydroxylation sites is 2. The fourth-order valence-corrected chi connectivity index (χ4v) is 3.55. The standard InChI is InChI=1S/C24H19N5O2/c30-22(13-18-15-26-21-8-4-2-6-19(18)21)27-20-7-3-1-5-17(20)14-23-28-24(29-31-23)16-9-11-25-12-10-16/h1-12,15,26H,13-14H2,(H,27,30). The van der Waals surface area contributed by atoms with Gasteiger partial charge in [-0.2, -0.15) is 4.98 Å². The molecule has 0 atom stereocenters. The molecule has 0 bridgehead atoms. The molecule has 0 saturated carbocycles. The van der Waals surface area contributed by atoms with Gasteiger partial charge >= 0.3 is 0 Å². The molecule has 2 aromatic carbocycles. The lowest BCUT2D eigenvalue weighted by molar-refractivity contribution is -0.115. The number of aromatic nitrogens is 4. The van der Waals surface area contributed by atoms with Crippen molar-refractivity contribution in [1.82, 2.24) is 20.1 Å². The van der Waals surface area contributed by atoms with E-state index >= 15 is 0 Å². The molecule has 0 unspecified atom stereocenters. The maximum atomic E-state index is 12.7. The van der Waals surface area contributed by atoms with Crippen molar-refractivity contribution in [1.29, 1.82) is 0 Å². The molecule has 7 heteroatoms. The Morgan fingerprint density at radius 2 is 1.77 bits per heavy atom. The van der Waals surface area contributed by atoms with Crippen LogP contribution in [0.3, 0.4) is 0 Å². The Morgan fingerprint density at radius 1 is 0.968 bits per heavy atom. The normalized spacial score (nSPS) is 11.0. The molecule has 5 rings (SSSR count). The van der Waals surface area contributed by atoms with Crippen molar-refractivity contribution in [2.45, 2.75) is 12.8 Å². The highest BCUT2D eigenvalue weighted by Gasteiger charge is 2.14. The average molecular weight is 409 g/mol. The van der Waals surface area contributed by atoms with Gasteiger partial charge in [0.25, 0.3) is 0 Å². The van der Waals surface area contributed by atoms with Gasteiger partial charge in [-0.3, -0.25) is 9.78 Å². The SMILES string of the molecule is O=C(Cc1c[nH]c2ccccc12)Nc1ccccc1Cc1nc(-c2ccncc2)no1. The van der Waals surface area contributed by atoms with Crippen LogP contribution < -0.4 is 5.32 Å². The number of hydrogen-bond acceptors (Lipinski definition) is 5.